The average Bonchev–Trinajstić information content (AvgIpc) is 3.41. The quantitative estimate of drug-likeness (QED) is 0.225. The molecule has 0 radical (unpaired) electrons. The van der Waals surface area contributed by atoms with Crippen molar-refractivity contribution in [3.05, 3.63) is 102 Å². The lowest BCUT2D eigenvalue weighted by atomic mass is 10.0. The molecule has 39 heavy (non-hydrogen) atoms. The zero-order valence-corrected chi connectivity index (χ0v) is 22.5. The van der Waals surface area contributed by atoms with Gasteiger partial charge in [-0.1, -0.05) is 79.0 Å². The highest BCUT2D eigenvalue weighted by molar-refractivity contribution is 6.33. The lowest BCUT2D eigenvalue weighted by molar-refractivity contribution is -0.132. The van der Waals surface area contributed by atoms with Crippen LogP contribution in [0.1, 0.15) is 31.2 Å². The van der Waals surface area contributed by atoms with E-state index in [-0.39, 0.29) is 5.91 Å². The van der Waals surface area contributed by atoms with Gasteiger partial charge < -0.3 is 4.90 Å². The molecular weight excluding hydrogens is 506 g/mol. The van der Waals surface area contributed by atoms with Crippen molar-refractivity contribution >= 4 is 28.3 Å². The Morgan fingerprint density at radius 3 is 2.49 bits per heavy atom. The Hall–Kier alpha value is -4.03. The normalized spacial score (nSPS) is 13.7. The van der Waals surface area contributed by atoms with Crippen LogP contribution in [0.15, 0.2) is 91.4 Å². The first-order valence-corrected chi connectivity index (χ1v) is 13.9. The number of fused-ring (bicyclic) bond motifs is 2. The fourth-order valence-electron chi connectivity index (χ4n) is 5.37. The van der Waals surface area contributed by atoms with Crippen molar-refractivity contribution in [1.29, 1.82) is 0 Å². The Bertz CT molecular complexity index is 1580. The molecule has 1 saturated carbocycles. The van der Waals surface area contributed by atoms with Crippen molar-refractivity contribution in [3.63, 3.8) is 0 Å². The predicted octanol–water partition coefficient (Wildman–Crippen LogP) is 6.83. The van der Waals surface area contributed by atoms with Gasteiger partial charge in [0.25, 0.3) is 0 Å². The maximum absolute atomic E-state index is 13.5. The van der Waals surface area contributed by atoms with E-state index in [1.54, 1.807) is 6.33 Å². The van der Waals surface area contributed by atoms with Crippen LogP contribution in [0, 0.1) is 0 Å². The van der Waals surface area contributed by atoms with Crippen LogP contribution >= 0.6 is 11.6 Å². The smallest absolute Gasteiger partial charge is 0.227 e. The van der Waals surface area contributed by atoms with Crippen LogP contribution in [0.3, 0.4) is 0 Å². The largest absolute Gasteiger partial charge is 0.338 e. The SMILES string of the molecule is O=C(Cc1cccc2ccccc12)N(CCn1cnc(-c2ccccc2Cl)n1)C1CCCC1.c1cc2cc-2n1. The number of halogens is 1. The number of carbonyl (C=O) groups excluding carboxylic acids is 1. The molecule has 1 fully saturated rings. The molecule has 0 atom stereocenters. The summed E-state index contributed by atoms with van der Waals surface area (Å²) in [6.45, 7) is 1.23. The van der Waals surface area contributed by atoms with Crippen molar-refractivity contribution in [1.82, 2.24) is 24.6 Å². The van der Waals surface area contributed by atoms with Crippen molar-refractivity contribution in [3.8, 4) is 22.6 Å². The van der Waals surface area contributed by atoms with Crippen LogP contribution in [0.2, 0.25) is 5.02 Å². The fraction of sp³-hybridized carbons (Fsp3) is 0.250. The minimum atomic E-state index is 0.185. The first-order chi connectivity index (χ1) is 19.2. The molecule has 7 heteroatoms. The van der Waals surface area contributed by atoms with Crippen LogP contribution in [0.25, 0.3) is 33.4 Å². The molecule has 196 valence electrons. The van der Waals surface area contributed by atoms with Crippen molar-refractivity contribution in [2.75, 3.05) is 6.54 Å². The van der Waals surface area contributed by atoms with Gasteiger partial charge in [0.2, 0.25) is 5.91 Å². The lowest BCUT2D eigenvalue weighted by Crippen LogP contribution is -2.41. The van der Waals surface area contributed by atoms with E-state index in [9.17, 15) is 4.79 Å². The highest BCUT2D eigenvalue weighted by atomic mass is 35.5. The third kappa shape index (κ3) is 5.86. The Balaban J connectivity index is 0.000000401. The van der Waals surface area contributed by atoms with Gasteiger partial charge in [-0.15, -0.1) is 0 Å². The predicted molar refractivity (Wildman–Crippen MR) is 155 cm³/mol. The van der Waals surface area contributed by atoms with Gasteiger partial charge in [0.05, 0.1) is 23.7 Å². The fourth-order valence-corrected chi connectivity index (χ4v) is 5.59. The summed E-state index contributed by atoms with van der Waals surface area (Å²) < 4.78 is 1.81. The highest BCUT2D eigenvalue weighted by Crippen LogP contribution is 2.29. The average molecular weight is 536 g/mol. The topological polar surface area (TPSA) is 63.9 Å². The van der Waals surface area contributed by atoms with Gasteiger partial charge >= 0.3 is 0 Å². The molecular formula is C32H30ClN5O. The molecule has 2 aliphatic carbocycles. The molecule has 0 unspecified atom stereocenters. The summed E-state index contributed by atoms with van der Waals surface area (Å²) in [5.74, 6) is 0.791. The number of benzene rings is 3. The Morgan fingerprint density at radius 2 is 1.74 bits per heavy atom. The number of hydrogen-bond acceptors (Lipinski definition) is 4. The number of rotatable bonds is 7. The molecule has 3 aliphatic rings. The second-order valence-corrected chi connectivity index (χ2v) is 10.5. The molecule has 6 nitrogen and oxygen atoms in total. The molecule has 3 aromatic carbocycles. The molecule has 0 bridgehead atoms. The van der Waals surface area contributed by atoms with Gasteiger partial charge in [0.1, 0.15) is 6.33 Å². The minimum Gasteiger partial charge on any atom is -0.338 e. The number of carbonyl (C=O) groups is 1. The summed E-state index contributed by atoms with van der Waals surface area (Å²) >= 11 is 6.30. The van der Waals surface area contributed by atoms with E-state index in [4.69, 9.17) is 11.6 Å². The zero-order chi connectivity index (χ0) is 26.6. The molecule has 0 spiro atoms. The van der Waals surface area contributed by atoms with Gasteiger partial charge in [0, 0.05) is 29.9 Å². The summed E-state index contributed by atoms with van der Waals surface area (Å²) in [6.07, 6.45) is 8.48. The Morgan fingerprint density at radius 1 is 0.949 bits per heavy atom. The van der Waals surface area contributed by atoms with Crippen LogP contribution in [-0.4, -0.2) is 43.1 Å². The first kappa shape index (κ1) is 25.3. The summed E-state index contributed by atoms with van der Waals surface area (Å²) in [6, 6.07) is 26.4. The molecule has 1 amide bonds. The number of amides is 1. The summed E-state index contributed by atoms with van der Waals surface area (Å²) in [7, 11) is 0. The van der Waals surface area contributed by atoms with E-state index in [1.165, 1.54) is 29.5 Å². The standard InChI is InChI=1S/C27H27ClN4O.C5H3N/c28-25-15-6-5-14-24(25)27-29-19-31(30-27)16-17-32(22-11-2-3-12-22)26(33)18-21-10-7-9-20-8-1-4-13-23(20)21;1-2-6-5-3-4(1)5/h1,4-10,13-15,19,22H,2-3,11-12,16-18H2;1-3H. The number of aromatic nitrogens is 4. The van der Waals surface area contributed by atoms with Crippen molar-refractivity contribution < 1.29 is 4.79 Å². The minimum absolute atomic E-state index is 0.185. The Kier molecular flexibility index (Phi) is 7.37. The highest BCUT2D eigenvalue weighted by Gasteiger charge is 2.27. The Labute approximate surface area is 233 Å². The molecule has 4 aromatic rings. The molecule has 0 N–H and O–H groups in total. The van der Waals surface area contributed by atoms with Gasteiger partial charge in [-0.2, -0.15) is 5.10 Å². The van der Waals surface area contributed by atoms with Crippen molar-refractivity contribution in [2.24, 2.45) is 0 Å². The van der Waals surface area contributed by atoms with Gasteiger partial charge in [0.15, 0.2) is 5.82 Å². The summed E-state index contributed by atoms with van der Waals surface area (Å²) in [4.78, 5) is 24.0. The zero-order valence-electron chi connectivity index (χ0n) is 21.7. The molecule has 7 rings (SSSR count). The third-order valence-electron chi connectivity index (χ3n) is 7.50. The summed E-state index contributed by atoms with van der Waals surface area (Å²) in [5, 5.41) is 7.56. The molecule has 1 aromatic heterocycles. The van der Waals surface area contributed by atoms with E-state index >= 15 is 0 Å². The van der Waals surface area contributed by atoms with Crippen LogP contribution in [-0.2, 0) is 17.8 Å². The number of hydrogen-bond donors (Lipinski definition) is 0. The van der Waals surface area contributed by atoms with Gasteiger partial charge in [-0.3, -0.25) is 14.5 Å². The van der Waals surface area contributed by atoms with Crippen LogP contribution in [0.4, 0.5) is 0 Å². The van der Waals surface area contributed by atoms with Gasteiger partial charge in [-0.05, 0) is 53.4 Å². The van der Waals surface area contributed by atoms with Gasteiger partial charge in [-0.25, -0.2) is 4.98 Å². The van der Waals surface area contributed by atoms with Crippen LogP contribution < -0.4 is 0 Å². The molecule has 1 aliphatic heterocycles. The van der Waals surface area contributed by atoms with E-state index in [0.717, 1.165) is 29.4 Å². The lowest BCUT2D eigenvalue weighted by Gasteiger charge is -2.29. The summed E-state index contributed by atoms with van der Waals surface area (Å²) in [5.41, 5.74) is 4.39. The van der Waals surface area contributed by atoms with E-state index in [2.05, 4.69) is 50.3 Å². The van der Waals surface area contributed by atoms with Crippen LogP contribution in [0.5, 0.6) is 0 Å². The number of nitrogens with zero attached hydrogens (tertiary/aromatic N) is 5. The second kappa shape index (κ2) is 11.4. The van der Waals surface area contributed by atoms with E-state index < -0.39 is 0 Å². The van der Waals surface area contributed by atoms with E-state index in [0.29, 0.717) is 36.4 Å². The molecule has 2 heterocycles. The maximum Gasteiger partial charge on any atom is 0.227 e. The van der Waals surface area contributed by atoms with E-state index in [1.807, 2.05) is 59.4 Å². The first-order valence-electron chi connectivity index (χ1n) is 13.5. The second-order valence-electron chi connectivity index (χ2n) is 10.1. The maximum atomic E-state index is 13.5. The van der Waals surface area contributed by atoms with Crippen molar-refractivity contribution in [2.45, 2.75) is 44.7 Å². The third-order valence-corrected chi connectivity index (χ3v) is 7.83. The number of pyridine rings is 1. The monoisotopic (exact) mass is 535 g/mol. The molecule has 0 saturated heterocycles.